The van der Waals surface area contributed by atoms with Gasteiger partial charge in [0.05, 0.1) is 7.11 Å². The summed E-state index contributed by atoms with van der Waals surface area (Å²) in [6.45, 7) is 7.09. The fourth-order valence-corrected chi connectivity index (χ4v) is 3.92. The smallest absolute Gasteiger partial charge is 0.410 e. The first-order chi connectivity index (χ1) is 11.2. The summed E-state index contributed by atoms with van der Waals surface area (Å²) >= 11 is 0. The van der Waals surface area contributed by atoms with Crippen LogP contribution in [0.2, 0.25) is 0 Å². The van der Waals surface area contributed by atoms with Crippen molar-refractivity contribution in [3.05, 3.63) is 29.3 Å². The number of benzene rings is 1. The van der Waals surface area contributed by atoms with Crippen molar-refractivity contribution in [2.75, 3.05) is 20.2 Å². The number of piperidine rings is 1. The Labute approximate surface area is 144 Å². The molecule has 1 heterocycles. The molecule has 1 amide bonds. The molecule has 1 fully saturated rings. The van der Waals surface area contributed by atoms with Crippen molar-refractivity contribution in [2.45, 2.75) is 51.7 Å². The van der Waals surface area contributed by atoms with Gasteiger partial charge in [-0.2, -0.15) is 0 Å². The van der Waals surface area contributed by atoms with Crippen molar-refractivity contribution in [1.29, 1.82) is 0 Å². The number of likely N-dealkylation sites (tertiary alicyclic amines) is 1. The van der Waals surface area contributed by atoms with E-state index in [9.17, 15) is 4.79 Å². The lowest BCUT2D eigenvalue weighted by atomic mass is 9.73. The van der Waals surface area contributed by atoms with Crippen LogP contribution < -0.4 is 10.5 Å². The van der Waals surface area contributed by atoms with Crippen LogP contribution in [0.1, 0.15) is 50.8 Å². The SMILES string of the molecule is COc1ccc2c(c1)C(N)C1(CCN(C(=O)OC(C)(C)C)CC1)C2. The lowest BCUT2D eigenvalue weighted by molar-refractivity contribution is 0.00797. The third-order valence-corrected chi connectivity index (χ3v) is 5.30. The van der Waals surface area contributed by atoms with E-state index in [-0.39, 0.29) is 17.6 Å². The predicted octanol–water partition coefficient (Wildman–Crippen LogP) is 3.27. The highest BCUT2D eigenvalue weighted by atomic mass is 16.6. The molecule has 0 bridgehead atoms. The summed E-state index contributed by atoms with van der Waals surface area (Å²) in [7, 11) is 1.68. The molecule has 24 heavy (non-hydrogen) atoms. The van der Waals surface area contributed by atoms with E-state index in [2.05, 4.69) is 12.1 Å². The Morgan fingerprint density at radius 1 is 1.29 bits per heavy atom. The van der Waals surface area contributed by atoms with Crippen LogP contribution in [0.25, 0.3) is 0 Å². The highest BCUT2D eigenvalue weighted by Gasteiger charge is 2.46. The summed E-state index contributed by atoms with van der Waals surface area (Å²) in [4.78, 5) is 14.1. The number of nitrogens with two attached hydrogens (primary N) is 1. The van der Waals surface area contributed by atoms with Crippen LogP contribution in [0.3, 0.4) is 0 Å². The molecule has 1 spiro atoms. The standard InChI is InChI=1S/C19H28N2O3/c1-18(2,3)24-17(22)21-9-7-19(8-10-21)12-13-5-6-14(23-4)11-15(13)16(19)20/h5-6,11,16H,7-10,12,20H2,1-4H3. The fourth-order valence-electron chi connectivity index (χ4n) is 3.92. The van der Waals surface area contributed by atoms with Crippen molar-refractivity contribution in [3.63, 3.8) is 0 Å². The van der Waals surface area contributed by atoms with Gasteiger partial charge >= 0.3 is 6.09 Å². The lowest BCUT2D eigenvalue weighted by Gasteiger charge is -2.42. The average Bonchev–Trinajstić information content (AvgIpc) is 2.78. The van der Waals surface area contributed by atoms with E-state index in [1.54, 1.807) is 7.11 Å². The van der Waals surface area contributed by atoms with Crippen LogP contribution >= 0.6 is 0 Å². The Kier molecular flexibility index (Phi) is 4.24. The van der Waals surface area contributed by atoms with Crippen molar-refractivity contribution in [2.24, 2.45) is 11.1 Å². The predicted molar refractivity (Wildman–Crippen MR) is 93.1 cm³/mol. The molecular weight excluding hydrogens is 304 g/mol. The molecule has 0 radical (unpaired) electrons. The average molecular weight is 332 g/mol. The van der Waals surface area contributed by atoms with E-state index in [0.717, 1.165) is 25.0 Å². The Hall–Kier alpha value is -1.75. The maximum Gasteiger partial charge on any atom is 0.410 e. The Balaban J connectivity index is 1.69. The van der Waals surface area contributed by atoms with Crippen LogP contribution in [-0.4, -0.2) is 36.8 Å². The third kappa shape index (κ3) is 3.09. The van der Waals surface area contributed by atoms with Gasteiger partial charge in [0.2, 0.25) is 0 Å². The number of methoxy groups -OCH3 is 1. The molecule has 1 atom stereocenters. The molecule has 2 N–H and O–H groups in total. The van der Waals surface area contributed by atoms with E-state index in [1.807, 2.05) is 31.7 Å². The van der Waals surface area contributed by atoms with Gasteiger partial charge < -0.3 is 20.1 Å². The second-order valence-corrected chi connectivity index (χ2v) is 8.05. The van der Waals surface area contributed by atoms with Gasteiger partial charge in [0, 0.05) is 19.1 Å². The molecule has 2 aliphatic rings. The van der Waals surface area contributed by atoms with Crippen molar-refractivity contribution in [3.8, 4) is 5.75 Å². The maximum atomic E-state index is 12.3. The van der Waals surface area contributed by atoms with Crippen molar-refractivity contribution in [1.82, 2.24) is 4.90 Å². The largest absolute Gasteiger partial charge is 0.497 e. The summed E-state index contributed by atoms with van der Waals surface area (Å²) in [5.41, 5.74) is 8.71. The van der Waals surface area contributed by atoms with Gasteiger partial charge in [-0.3, -0.25) is 0 Å². The Morgan fingerprint density at radius 3 is 2.54 bits per heavy atom. The van der Waals surface area contributed by atoms with E-state index in [1.165, 1.54) is 11.1 Å². The second kappa shape index (κ2) is 5.96. The molecule has 3 rings (SSSR count). The molecule has 1 saturated heterocycles. The number of carbonyl (C=O) groups excluding carboxylic acids is 1. The molecule has 1 unspecified atom stereocenters. The van der Waals surface area contributed by atoms with Crippen LogP contribution in [0, 0.1) is 5.41 Å². The van der Waals surface area contributed by atoms with Gasteiger partial charge in [-0.25, -0.2) is 4.79 Å². The summed E-state index contributed by atoms with van der Waals surface area (Å²) in [6, 6.07) is 6.20. The molecule has 132 valence electrons. The normalized spacial score (nSPS) is 22.4. The minimum atomic E-state index is -0.456. The van der Waals surface area contributed by atoms with Crippen LogP contribution in [0.4, 0.5) is 4.79 Å². The Morgan fingerprint density at radius 2 is 1.96 bits per heavy atom. The number of nitrogens with zero attached hydrogens (tertiary/aromatic N) is 1. The minimum absolute atomic E-state index is 0.00314. The van der Waals surface area contributed by atoms with E-state index in [4.69, 9.17) is 15.2 Å². The number of fused-ring (bicyclic) bond motifs is 1. The highest BCUT2D eigenvalue weighted by Crippen LogP contribution is 2.51. The zero-order chi connectivity index (χ0) is 17.5. The third-order valence-electron chi connectivity index (χ3n) is 5.30. The molecule has 1 aliphatic heterocycles. The number of ether oxygens (including phenoxy) is 2. The monoisotopic (exact) mass is 332 g/mol. The molecule has 5 nitrogen and oxygen atoms in total. The summed E-state index contributed by atoms with van der Waals surface area (Å²) in [5.74, 6) is 0.854. The summed E-state index contributed by atoms with van der Waals surface area (Å²) in [5, 5.41) is 0. The second-order valence-electron chi connectivity index (χ2n) is 8.05. The molecule has 0 saturated carbocycles. The number of hydrogen-bond acceptors (Lipinski definition) is 4. The summed E-state index contributed by atoms with van der Waals surface area (Å²) < 4.78 is 10.8. The number of rotatable bonds is 1. The molecular formula is C19H28N2O3. The van der Waals surface area contributed by atoms with E-state index in [0.29, 0.717) is 13.1 Å². The molecule has 1 aliphatic carbocycles. The van der Waals surface area contributed by atoms with Crippen LogP contribution in [-0.2, 0) is 11.2 Å². The van der Waals surface area contributed by atoms with Crippen molar-refractivity contribution >= 4 is 6.09 Å². The minimum Gasteiger partial charge on any atom is -0.497 e. The zero-order valence-corrected chi connectivity index (χ0v) is 15.1. The summed E-state index contributed by atoms with van der Waals surface area (Å²) in [6.07, 6.45) is 2.58. The lowest BCUT2D eigenvalue weighted by Crippen LogP contribution is -2.47. The molecule has 1 aromatic carbocycles. The molecule has 0 aromatic heterocycles. The zero-order valence-electron chi connectivity index (χ0n) is 15.1. The van der Waals surface area contributed by atoms with Gasteiger partial charge in [-0.1, -0.05) is 6.07 Å². The number of hydrogen-bond donors (Lipinski definition) is 1. The van der Waals surface area contributed by atoms with Gasteiger partial charge in [0.15, 0.2) is 0 Å². The van der Waals surface area contributed by atoms with Crippen molar-refractivity contribution < 1.29 is 14.3 Å². The number of carbonyl (C=O) groups is 1. The maximum absolute atomic E-state index is 12.3. The number of amides is 1. The molecule has 1 aromatic rings. The van der Waals surface area contributed by atoms with E-state index < -0.39 is 5.60 Å². The van der Waals surface area contributed by atoms with Gasteiger partial charge in [-0.05, 0) is 68.7 Å². The topological polar surface area (TPSA) is 64.8 Å². The first-order valence-electron chi connectivity index (χ1n) is 8.64. The van der Waals surface area contributed by atoms with Crippen LogP contribution in [0.5, 0.6) is 5.75 Å². The Bertz CT molecular complexity index is 628. The van der Waals surface area contributed by atoms with Gasteiger partial charge in [-0.15, -0.1) is 0 Å². The quantitative estimate of drug-likeness (QED) is 0.857. The van der Waals surface area contributed by atoms with Crippen LogP contribution in [0.15, 0.2) is 18.2 Å². The highest BCUT2D eigenvalue weighted by molar-refractivity contribution is 5.68. The first kappa shape index (κ1) is 17.1. The van der Waals surface area contributed by atoms with Gasteiger partial charge in [0.25, 0.3) is 0 Å². The van der Waals surface area contributed by atoms with Gasteiger partial charge in [0.1, 0.15) is 11.4 Å². The molecule has 5 heteroatoms. The first-order valence-corrected chi connectivity index (χ1v) is 8.64. The fraction of sp³-hybridized carbons (Fsp3) is 0.632. The van der Waals surface area contributed by atoms with E-state index >= 15 is 0 Å².